The van der Waals surface area contributed by atoms with E-state index < -0.39 is 0 Å². The van der Waals surface area contributed by atoms with E-state index in [1.807, 2.05) is 13.8 Å². The second-order valence-corrected chi connectivity index (χ2v) is 5.06. The number of likely N-dealkylation sites (N-methyl/N-ethyl adjacent to an activating group) is 2. The van der Waals surface area contributed by atoms with Crippen LogP contribution in [-0.4, -0.2) is 50.1 Å². The first-order valence-electron chi connectivity index (χ1n) is 6.30. The maximum atomic E-state index is 11.4. The number of carbonyl (C=O) groups excluding carboxylic acids is 1. The number of esters is 1. The van der Waals surface area contributed by atoms with Gasteiger partial charge >= 0.3 is 5.97 Å². The Hall–Kier alpha value is -1.45. The van der Waals surface area contributed by atoms with Crippen LogP contribution < -0.4 is 0 Å². The highest BCUT2D eigenvalue weighted by Crippen LogP contribution is 2.20. The van der Waals surface area contributed by atoms with E-state index in [4.69, 9.17) is 4.74 Å². The number of rotatable bonds is 4. The number of hydrogen-bond donors (Lipinski definition) is 0. The molecule has 18 heavy (non-hydrogen) atoms. The van der Waals surface area contributed by atoms with Gasteiger partial charge in [-0.3, -0.25) is 4.79 Å². The summed E-state index contributed by atoms with van der Waals surface area (Å²) < 4.78 is 4.76. The van der Waals surface area contributed by atoms with Crippen LogP contribution in [-0.2, 0) is 9.53 Å². The van der Waals surface area contributed by atoms with Gasteiger partial charge in [-0.25, -0.2) is 0 Å². The Balaban J connectivity index is 2.86. The van der Waals surface area contributed by atoms with Crippen LogP contribution >= 0.6 is 0 Å². The van der Waals surface area contributed by atoms with Gasteiger partial charge in [0.05, 0.1) is 19.4 Å². The van der Waals surface area contributed by atoms with Gasteiger partial charge in [-0.2, -0.15) is 0 Å². The smallest absolute Gasteiger partial charge is 0.306 e. The standard InChI is InChI=1S/C14H24N2O2/c1-11(2)8-12(10-14(17)18-5)9-13-15(3)6-7-16(13)4/h8-9,12H,6-7,10H2,1-5H3. The topological polar surface area (TPSA) is 32.8 Å². The molecule has 0 radical (unpaired) electrons. The highest BCUT2D eigenvalue weighted by atomic mass is 16.5. The summed E-state index contributed by atoms with van der Waals surface area (Å²) >= 11 is 0. The molecule has 0 amide bonds. The Morgan fingerprint density at radius 1 is 1.33 bits per heavy atom. The molecule has 0 N–H and O–H groups in total. The SMILES string of the molecule is COC(=O)CC(C=C(C)C)C=C1N(C)CCN1C. The van der Waals surface area contributed by atoms with Crippen LogP contribution in [0.15, 0.2) is 23.5 Å². The van der Waals surface area contributed by atoms with Crippen LogP contribution in [0.5, 0.6) is 0 Å². The predicted octanol–water partition coefficient (Wildman–Crippen LogP) is 1.85. The zero-order chi connectivity index (χ0) is 13.7. The van der Waals surface area contributed by atoms with Gasteiger partial charge in [0.15, 0.2) is 0 Å². The summed E-state index contributed by atoms with van der Waals surface area (Å²) in [6, 6.07) is 0. The van der Waals surface area contributed by atoms with Gasteiger partial charge < -0.3 is 14.5 Å². The molecule has 1 atom stereocenters. The third-order valence-electron chi connectivity index (χ3n) is 3.09. The van der Waals surface area contributed by atoms with E-state index in [1.165, 1.54) is 18.5 Å². The Morgan fingerprint density at radius 3 is 2.33 bits per heavy atom. The van der Waals surface area contributed by atoms with Crippen LogP contribution in [0.4, 0.5) is 0 Å². The molecule has 1 heterocycles. The van der Waals surface area contributed by atoms with Crippen molar-refractivity contribution < 1.29 is 9.53 Å². The number of hydrogen-bond acceptors (Lipinski definition) is 4. The average molecular weight is 252 g/mol. The fourth-order valence-corrected chi connectivity index (χ4v) is 2.14. The third kappa shape index (κ3) is 4.09. The first-order valence-corrected chi connectivity index (χ1v) is 6.30. The van der Waals surface area contributed by atoms with E-state index in [2.05, 4.69) is 36.0 Å². The number of ether oxygens (including phenoxy) is 1. The van der Waals surface area contributed by atoms with Crippen molar-refractivity contribution >= 4 is 5.97 Å². The summed E-state index contributed by atoms with van der Waals surface area (Å²) in [7, 11) is 5.59. The van der Waals surface area contributed by atoms with Crippen LogP contribution in [0.3, 0.4) is 0 Å². The fourth-order valence-electron chi connectivity index (χ4n) is 2.14. The zero-order valence-electron chi connectivity index (χ0n) is 12.1. The lowest BCUT2D eigenvalue weighted by Gasteiger charge is -2.20. The van der Waals surface area contributed by atoms with Crippen molar-refractivity contribution in [1.29, 1.82) is 0 Å². The van der Waals surface area contributed by atoms with Gasteiger partial charge in [0.25, 0.3) is 0 Å². The van der Waals surface area contributed by atoms with E-state index in [9.17, 15) is 4.79 Å². The zero-order valence-corrected chi connectivity index (χ0v) is 12.1. The summed E-state index contributed by atoms with van der Waals surface area (Å²) in [4.78, 5) is 15.9. The molecule has 1 aliphatic heterocycles. The normalized spacial score (nSPS) is 16.6. The Kier molecular flexibility index (Phi) is 5.25. The van der Waals surface area contributed by atoms with E-state index in [0.29, 0.717) is 6.42 Å². The largest absolute Gasteiger partial charge is 0.469 e. The molecule has 0 bridgehead atoms. The van der Waals surface area contributed by atoms with Gasteiger partial charge in [0.1, 0.15) is 0 Å². The van der Waals surface area contributed by atoms with Gasteiger partial charge in [-0.1, -0.05) is 11.6 Å². The molecule has 1 aliphatic rings. The summed E-state index contributed by atoms with van der Waals surface area (Å²) in [6.45, 7) is 6.15. The fraction of sp³-hybridized carbons (Fsp3) is 0.643. The molecule has 1 unspecified atom stereocenters. The summed E-state index contributed by atoms with van der Waals surface area (Å²) in [5.41, 5.74) is 1.21. The van der Waals surface area contributed by atoms with Crippen molar-refractivity contribution in [3.63, 3.8) is 0 Å². The van der Waals surface area contributed by atoms with Crippen molar-refractivity contribution in [2.24, 2.45) is 5.92 Å². The van der Waals surface area contributed by atoms with Crippen molar-refractivity contribution in [2.75, 3.05) is 34.3 Å². The summed E-state index contributed by atoms with van der Waals surface area (Å²) in [5, 5.41) is 0. The number of methoxy groups -OCH3 is 1. The quantitative estimate of drug-likeness (QED) is 0.565. The monoisotopic (exact) mass is 252 g/mol. The minimum Gasteiger partial charge on any atom is -0.469 e. The third-order valence-corrected chi connectivity index (χ3v) is 3.09. The van der Waals surface area contributed by atoms with E-state index in [0.717, 1.165) is 13.1 Å². The van der Waals surface area contributed by atoms with Crippen LogP contribution in [0.2, 0.25) is 0 Å². The molecular weight excluding hydrogens is 228 g/mol. The molecule has 1 fully saturated rings. The minimum absolute atomic E-state index is 0.0976. The maximum Gasteiger partial charge on any atom is 0.306 e. The molecule has 102 valence electrons. The van der Waals surface area contributed by atoms with Crippen LogP contribution in [0, 0.1) is 5.92 Å². The highest BCUT2D eigenvalue weighted by Gasteiger charge is 2.20. The van der Waals surface area contributed by atoms with Crippen LogP contribution in [0.25, 0.3) is 0 Å². The molecule has 0 aliphatic carbocycles. The molecule has 0 aromatic heterocycles. The molecule has 4 heteroatoms. The number of nitrogens with zero attached hydrogens (tertiary/aromatic N) is 2. The molecule has 1 saturated heterocycles. The summed E-state index contributed by atoms with van der Waals surface area (Å²) in [5.74, 6) is 1.11. The molecule has 0 saturated carbocycles. The van der Waals surface area contributed by atoms with Gasteiger partial charge in [0, 0.05) is 33.1 Å². The van der Waals surface area contributed by atoms with E-state index in [-0.39, 0.29) is 11.9 Å². The molecule has 1 rings (SSSR count). The number of allylic oxidation sites excluding steroid dienone is 3. The Morgan fingerprint density at radius 2 is 1.89 bits per heavy atom. The lowest BCUT2D eigenvalue weighted by atomic mass is 10.0. The van der Waals surface area contributed by atoms with Crippen LogP contribution in [0.1, 0.15) is 20.3 Å². The Bertz CT molecular complexity index is 345. The molecular formula is C14H24N2O2. The molecule has 0 aromatic carbocycles. The minimum atomic E-state index is -0.169. The second kappa shape index (κ2) is 6.47. The Labute approximate surface area is 110 Å². The molecule has 0 spiro atoms. The molecule has 0 aromatic rings. The average Bonchev–Trinajstić information content (AvgIpc) is 2.59. The first-order chi connectivity index (χ1) is 8.43. The van der Waals surface area contributed by atoms with Crippen molar-refractivity contribution in [2.45, 2.75) is 20.3 Å². The van der Waals surface area contributed by atoms with Crippen molar-refractivity contribution in [3.8, 4) is 0 Å². The highest BCUT2D eigenvalue weighted by molar-refractivity contribution is 5.70. The predicted molar refractivity (Wildman–Crippen MR) is 72.9 cm³/mol. The van der Waals surface area contributed by atoms with Crippen molar-refractivity contribution in [3.05, 3.63) is 23.5 Å². The molecule has 4 nitrogen and oxygen atoms in total. The van der Waals surface area contributed by atoms with E-state index in [1.54, 1.807) is 0 Å². The lowest BCUT2D eigenvalue weighted by Crippen LogP contribution is -2.18. The lowest BCUT2D eigenvalue weighted by molar-refractivity contribution is -0.141. The van der Waals surface area contributed by atoms with Crippen molar-refractivity contribution in [1.82, 2.24) is 9.80 Å². The number of carbonyl (C=O) groups is 1. The van der Waals surface area contributed by atoms with Gasteiger partial charge in [-0.05, 0) is 19.9 Å². The van der Waals surface area contributed by atoms with Gasteiger partial charge in [-0.15, -0.1) is 0 Å². The maximum absolute atomic E-state index is 11.4. The van der Waals surface area contributed by atoms with E-state index >= 15 is 0 Å². The summed E-state index contributed by atoms with van der Waals surface area (Å²) in [6.07, 6.45) is 4.66. The second-order valence-electron chi connectivity index (χ2n) is 5.06. The van der Waals surface area contributed by atoms with Gasteiger partial charge in [0.2, 0.25) is 0 Å². The first kappa shape index (κ1) is 14.6.